The van der Waals surface area contributed by atoms with Gasteiger partial charge in [0.2, 0.25) is 0 Å². The number of aromatic nitrogens is 5. The van der Waals surface area contributed by atoms with Gasteiger partial charge in [-0.1, -0.05) is 6.07 Å². The molecule has 0 spiro atoms. The molecule has 182 valence electrons. The van der Waals surface area contributed by atoms with E-state index < -0.39 is 0 Å². The summed E-state index contributed by atoms with van der Waals surface area (Å²) in [5.41, 5.74) is 4.53. The fourth-order valence-electron chi connectivity index (χ4n) is 4.68. The highest BCUT2D eigenvalue weighted by molar-refractivity contribution is 5.73. The minimum Gasteiger partial charge on any atom is -0.491 e. The van der Waals surface area contributed by atoms with Crippen LogP contribution in [0.1, 0.15) is 6.42 Å². The van der Waals surface area contributed by atoms with Crippen molar-refractivity contribution in [2.24, 2.45) is 0 Å². The number of fused-ring (bicyclic) bond motifs is 1. The van der Waals surface area contributed by atoms with Crippen molar-refractivity contribution in [1.82, 2.24) is 34.8 Å². The van der Waals surface area contributed by atoms with Gasteiger partial charge in [0, 0.05) is 61.8 Å². The lowest BCUT2D eigenvalue weighted by molar-refractivity contribution is 0.0323. The molecule has 2 saturated heterocycles. The molecule has 6 rings (SSSR count). The molecule has 1 atom stereocenters. The van der Waals surface area contributed by atoms with Crippen molar-refractivity contribution in [3.8, 4) is 28.3 Å². The number of hydrogen-bond donors (Lipinski definition) is 3. The minimum absolute atomic E-state index is 0.407. The summed E-state index contributed by atoms with van der Waals surface area (Å²) in [5, 5.41) is 14.0. The van der Waals surface area contributed by atoms with E-state index in [1.807, 2.05) is 42.9 Å². The number of pyridine rings is 2. The Hall–Kier alpha value is -3.47. The molecule has 4 aromatic heterocycles. The van der Waals surface area contributed by atoms with Crippen molar-refractivity contribution in [2.45, 2.75) is 12.5 Å². The van der Waals surface area contributed by atoms with Crippen molar-refractivity contribution in [3.05, 3.63) is 49.1 Å². The molecule has 0 aliphatic carbocycles. The molecule has 2 aliphatic heterocycles. The molecule has 10 heteroatoms. The molecule has 2 fully saturated rings. The van der Waals surface area contributed by atoms with Crippen LogP contribution in [-0.2, 0) is 4.74 Å². The van der Waals surface area contributed by atoms with Crippen molar-refractivity contribution >= 4 is 11.5 Å². The first-order chi connectivity index (χ1) is 17.3. The summed E-state index contributed by atoms with van der Waals surface area (Å²) in [6, 6.07) is 8.47. The van der Waals surface area contributed by atoms with Crippen molar-refractivity contribution in [2.75, 3.05) is 57.9 Å². The molecule has 4 aromatic rings. The molecule has 10 nitrogen and oxygen atoms in total. The average Bonchev–Trinajstić information content (AvgIpc) is 3.67. The standard InChI is InChI=1S/C25H30N8O2/c1-2-21(31-24(3-1)30-19-4-5-26-15-19)22-16-27-25-12-23(35-11-8-32-6-9-34-10-7-32)20(17-33(22)25)18-13-28-29-14-18/h1-3,12-14,16-17,19,26H,4-11,15H2,(H,28,29)(H,30,31). The summed E-state index contributed by atoms with van der Waals surface area (Å²) in [6.45, 7) is 6.91. The molecule has 6 heterocycles. The number of aromatic amines is 1. The zero-order valence-electron chi connectivity index (χ0n) is 19.6. The van der Waals surface area contributed by atoms with Gasteiger partial charge in [0.15, 0.2) is 0 Å². The summed E-state index contributed by atoms with van der Waals surface area (Å²) in [5.74, 6) is 1.67. The molecule has 2 aliphatic rings. The van der Waals surface area contributed by atoms with E-state index in [0.717, 1.165) is 92.1 Å². The van der Waals surface area contributed by atoms with E-state index in [9.17, 15) is 0 Å². The number of morpholine rings is 1. The fraction of sp³-hybridized carbons (Fsp3) is 0.400. The van der Waals surface area contributed by atoms with E-state index in [2.05, 4.69) is 41.3 Å². The topological polar surface area (TPSA) is 105 Å². The molecule has 35 heavy (non-hydrogen) atoms. The van der Waals surface area contributed by atoms with E-state index >= 15 is 0 Å². The van der Waals surface area contributed by atoms with E-state index in [1.165, 1.54) is 0 Å². The van der Waals surface area contributed by atoms with Crippen LogP contribution in [0.15, 0.2) is 49.1 Å². The second-order valence-electron chi connectivity index (χ2n) is 8.95. The maximum Gasteiger partial charge on any atom is 0.140 e. The molecule has 0 amide bonds. The van der Waals surface area contributed by atoms with Crippen LogP contribution in [0.2, 0.25) is 0 Å². The number of rotatable bonds is 8. The summed E-state index contributed by atoms with van der Waals surface area (Å²) in [4.78, 5) is 11.9. The normalized spacial score (nSPS) is 18.8. The Bertz CT molecular complexity index is 1260. The van der Waals surface area contributed by atoms with E-state index in [1.54, 1.807) is 0 Å². The van der Waals surface area contributed by atoms with E-state index in [4.69, 9.17) is 14.5 Å². The first-order valence-corrected chi connectivity index (χ1v) is 12.2. The highest BCUT2D eigenvalue weighted by Crippen LogP contribution is 2.33. The van der Waals surface area contributed by atoms with Crippen molar-refractivity contribution in [3.63, 3.8) is 0 Å². The lowest BCUT2D eigenvalue weighted by Gasteiger charge is -2.26. The van der Waals surface area contributed by atoms with Crippen LogP contribution in [0.3, 0.4) is 0 Å². The quantitative estimate of drug-likeness (QED) is 0.357. The van der Waals surface area contributed by atoms with Crippen LogP contribution in [0, 0.1) is 0 Å². The van der Waals surface area contributed by atoms with Crippen LogP contribution < -0.4 is 15.4 Å². The third kappa shape index (κ3) is 4.86. The maximum atomic E-state index is 6.27. The smallest absolute Gasteiger partial charge is 0.140 e. The van der Waals surface area contributed by atoms with Gasteiger partial charge in [-0.3, -0.25) is 14.4 Å². The van der Waals surface area contributed by atoms with Gasteiger partial charge >= 0.3 is 0 Å². The van der Waals surface area contributed by atoms with Gasteiger partial charge in [0.25, 0.3) is 0 Å². The Kier molecular flexibility index (Phi) is 6.31. The van der Waals surface area contributed by atoms with Gasteiger partial charge < -0.3 is 20.1 Å². The van der Waals surface area contributed by atoms with Crippen LogP contribution in [0.25, 0.3) is 28.2 Å². The highest BCUT2D eigenvalue weighted by Gasteiger charge is 2.18. The monoisotopic (exact) mass is 474 g/mol. The number of imidazole rings is 1. The molecular formula is C25H30N8O2. The van der Waals surface area contributed by atoms with Gasteiger partial charge in [-0.05, 0) is 25.1 Å². The minimum atomic E-state index is 0.407. The Labute approximate surface area is 203 Å². The van der Waals surface area contributed by atoms with Gasteiger partial charge in [-0.15, -0.1) is 0 Å². The highest BCUT2D eigenvalue weighted by atomic mass is 16.5. The molecule has 1 unspecified atom stereocenters. The predicted octanol–water partition coefficient (Wildman–Crippen LogP) is 2.27. The number of anilines is 1. The van der Waals surface area contributed by atoms with Gasteiger partial charge in [0.05, 0.1) is 37.0 Å². The second kappa shape index (κ2) is 10.0. The maximum absolute atomic E-state index is 6.27. The van der Waals surface area contributed by atoms with Crippen LogP contribution in [-0.4, -0.2) is 88.1 Å². The van der Waals surface area contributed by atoms with Gasteiger partial charge in [0.1, 0.15) is 23.8 Å². The first-order valence-electron chi connectivity index (χ1n) is 12.2. The number of ether oxygens (including phenoxy) is 2. The number of nitrogens with zero attached hydrogens (tertiary/aromatic N) is 5. The van der Waals surface area contributed by atoms with Gasteiger partial charge in [-0.25, -0.2) is 9.97 Å². The average molecular weight is 475 g/mol. The van der Waals surface area contributed by atoms with Crippen molar-refractivity contribution in [1.29, 1.82) is 0 Å². The lowest BCUT2D eigenvalue weighted by atomic mass is 10.1. The molecular weight excluding hydrogens is 444 g/mol. The van der Waals surface area contributed by atoms with E-state index in [0.29, 0.717) is 12.6 Å². The summed E-state index contributed by atoms with van der Waals surface area (Å²) in [7, 11) is 0. The van der Waals surface area contributed by atoms with Crippen LogP contribution >= 0.6 is 0 Å². The van der Waals surface area contributed by atoms with Crippen LogP contribution in [0.4, 0.5) is 5.82 Å². The predicted molar refractivity (Wildman–Crippen MR) is 134 cm³/mol. The first kappa shape index (κ1) is 22.0. The third-order valence-corrected chi connectivity index (χ3v) is 6.61. The Balaban J connectivity index is 1.29. The number of hydrogen-bond acceptors (Lipinski definition) is 8. The molecule has 0 saturated carbocycles. The van der Waals surface area contributed by atoms with Crippen LogP contribution in [0.5, 0.6) is 5.75 Å². The zero-order valence-corrected chi connectivity index (χ0v) is 19.6. The largest absolute Gasteiger partial charge is 0.491 e. The Morgan fingerprint density at radius 2 is 2.14 bits per heavy atom. The molecule has 0 radical (unpaired) electrons. The zero-order chi connectivity index (χ0) is 23.5. The molecule has 0 aromatic carbocycles. The van der Waals surface area contributed by atoms with E-state index in [-0.39, 0.29) is 0 Å². The lowest BCUT2D eigenvalue weighted by Crippen LogP contribution is -2.38. The van der Waals surface area contributed by atoms with Crippen molar-refractivity contribution < 1.29 is 9.47 Å². The SMILES string of the molecule is c1cc(NC2CCNC2)nc(-c2cnc3cc(OCCN4CCOCC4)c(-c4cn[nH]c4)cn23)c1. The Morgan fingerprint density at radius 1 is 1.20 bits per heavy atom. The summed E-state index contributed by atoms with van der Waals surface area (Å²) in [6.07, 6.45) is 8.73. The summed E-state index contributed by atoms with van der Waals surface area (Å²) >= 11 is 0. The Morgan fingerprint density at radius 3 is 2.97 bits per heavy atom. The third-order valence-electron chi connectivity index (χ3n) is 6.61. The molecule has 0 bridgehead atoms. The van der Waals surface area contributed by atoms with Gasteiger partial charge in [-0.2, -0.15) is 5.10 Å². The second-order valence-corrected chi connectivity index (χ2v) is 8.95. The molecule has 3 N–H and O–H groups in total. The number of nitrogens with one attached hydrogen (secondary N) is 3. The number of H-pyrrole nitrogens is 1. The summed E-state index contributed by atoms with van der Waals surface area (Å²) < 4.78 is 13.8. The fourth-order valence-corrected chi connectivity index (χ4v) is 4.68.